The summed E-state index contributed by atoms with van der Waals surface area (Å²) in [6.07, 6.45) is 0. The van der Waals surface area contributed by atoms with Crippen LogP contribution in [0.15, 0.2) is 0 Å². The summed E-state index contributed by atoms with van der Waals surface area (Å²) in [4.78, 5) is 14.9. The van der Waals surface area contributed by atoms with E-state index in [-0.39, 0.29) is 11.4 Å². The van der Waals surface area contributed by atoms with Crippen LogP contribution in [0.4, 0.5) is 5.82 Å². The molecule has 3 N–H and O–H groups in total. The molecule has 0 bridgehead atoms. The zero-order chi connectivity index (χ0) is 10.3. The van der Waals surface area contributed by atoms with E-state index in [0.717, 1.165) is 11.3 Å². The highest BCUT2D eigenvalue weighted by molar-refractivity contribution is 5.94. The van der Waals surface area contributed by atoms with E-state index in [0.29, 0.717) is 18.8 Å². The van der Waals surface area contributed by atoms with Crippen LogP contribution >= 0.6 is 0 Å². The zero-order valence-electron chi connectivity index (χ0n) is 7.70. The topological polar surface area (TPSA) is 85.4 Å². The van der Waals surface area contributed by atoms with Crippen LogP contribution in [0, 0.1) is 6.92 Å². The summed E-state index contributed by atoms with van der Waals surface area (Å²) >= 11 is 0. The van der Waals surface area contributed by atoms with E-state index in [2.05, 4.69) is 4.98 Å². The van der Waals surface area contributed by atoms with Crippen molar-refractivity contribution in [3.63, 3.8) is 0 Å². The Morgan fingerprint density at radius 1 is 1.50 bits per heavy atom. The van der Waals surface area contributed by atoms with Gasteiger partial charge in [-0.3, -0.25) is 0 Å². The molecule has 0 fully saturated rings. The van der Waals surface area contributed by atoms with Gasteiger partial charge in [0.25, 0.3) is 0 Å². The molecule has 0 unspecified atom stereocenters. The number of nitrogens with two attached hydrogens (primary N) is 1. The Labute approximate surface area is 80.5 Å². The number of hydrogen-bond donors (Lipinski definition) is 2. The average Bonchev–Trinajstić information content (AvgIpc) is 2.51. The number of aryl methyl sites for hydroxylation is 1. The number of hydrogen-bond acceptors (Lipinski definition) is 4. The maximum Gasteiger partial charge on any atom is 0.339 e. The van der Waals surface area contributed by atoms with Crippen LogP contribution < -0.4 is 5.73 Å². The highest BCUT2D eigenvalue weighted by atomic mass is 16.5. The number of fused-ring (bicyclic) bond motifs is 1. The summed E-state index contributed by atoms with van der Waals surface area (Å²) < 4.78 is 5.18. The van der Waals surface area contributed by atoms with E-state index in [4.69, 9.17) is 15.6 Å². The normalized spacial score (nSPS) is 14.1. The van der Waals surface area contributed by atoms with Gasteiger partial charge in [-0.1, -0.05) is 0 Å². The van der Waals surface area contributed by atoms with Crippen molar-refractivity contribution in [2.24, 2.45) is 0 Å². The molecule has 0 saturated carbocycles. The van der Waals surface area contributed by atoms with Gasteiger partial charge in [0, 0.05) is 16.8 Å². The lowest BCUT2D eigenvalue weighted by atomic mass is 10.0. The SMILES string of the molecule is Cc1nc(N)c(C(=O)O)c2c1COC2. The lowest BCUT2D eigenvalue weighted by Gasteiger charge is -2.07. The van der Waals surface area contributed by atoms with Crippen LogP contribution in [0.3, 0.4) is 0 Å². The molecule has 0 saturated heterocycles. The Balaban J connectivity index is 2.72. The fourth-order valence-electron chi connectivity index (χ4n) is 1.67. The van der Waals surface area contributed by atoms with Crippen molar-refractivity contribution < 1.29 is 14.6 Å². The van der Waals surface area contributed by atoms with E-state index in [1.165, 1.54) is 0 Å². The first-order valence-electron chi connectivity index (χ1n) is 4.20. The average molecular weight is 194 g/mol. The Hall–Kier alpha value is -1.62. The zero-order valence-corrected chi connectivity index (χ0v) is 7.70. The third kappa shape index (κ3) is 1.13. The number of anilines is 1. The number of nitrogen functional groups attached to an aromatic ring is 1. The summed E-state index contributed by atoms with van der Waals surface area (Å²) in [7, 11) is 0. The van der Waals surface area contributed by atoms with E-state index in [1.807, 2.05) is 0 Å². The highest BCUT2D eigenvalue weighted by Gasteiger charge is 2.24. The first kappa shape index (κ1) is 8.96. The van der Waals surface area contributed by atoms with Crippen LogP contribution in [0.1, 0.15) is 27.2 Å². The van der Waals surface area contributed by atoms with Crippen molar-refractivity contribution in [2.45, 2.75) is 20.1 Å². The van der Waals surface area contributed by atoms with Crippen LogP contribution in [0.2, 0.25) is 0 Å². The second-order valence-electron chi connectivity index (χ2n) is 3.21. The van der Waals surface area contributed by atoms with Gasteiger partial charge in [0.2, 0.25) is 0 Å². The van der Waals surface area contributed by atoms with Crippen molar-refractivity contribution in [3.8, 4) is 0 Å². The first-order chi connectivity index (χ1) is 6.61. The van der Waals surface area contributed by atoms with Gasteiger partial charge in [0.05, 0.1) is 13.2 Å². The number of carboxylic acid groups (broad SMARTS) is 1. The Morgan fingerprint density at radius 3 is 2.79 bits per heavy atom. The molecule has 0 aliphatic carbocycles. The summed E-state index contributed by atoms with van der Waals surface area (Å²) in [5.74, 6) is -0.976. The molecule has 0 aromatic carbocycles. The standard InChI is InChI=1S/C9H10N2O3/c1-4-5-2-14-3-6(5)7(9(12)13)8(10)11-4/h2-3H2,1H3,(H2,10,11)(H,12,13). The summed E-state index contributed by atoms with van der Waals surface area (Å²) in [5, 5.41) is 8.95. The van der Waals surface area contributed by atoms with Gasteiger partial charge in [0.1, 0.15) is 11.4 Å². The monoisotopic (exact) mass is 194 g/mol. The number of nitrogens with zero attached hydrogens (tertiary/aromatic N) is 1. The van der Waals surface area contributed by atoms with E-state index in [1.54, 1.807) is 6.92 Å². The molecule has 1 aromatic rings. The molecule has 74 valence electrons. The number of pyridine rings is 1. The minimum atomic E-state index is -1.04. The number of carboxylic acids is 1. The van der Waals surface area contributed by atoms with Crippen LogP contribution in [-0.4, -0.2) is 16.1 Å². The number of ether oxygens (including phenoxy) is 1. The predicted molar refractivity (Wildman–Crippen MR) is 48.8 cm³/mol. The fourth-order valence-corrected chi connectivity index (χ4v) is 1.67. The van der Waals surface area contributed by atoms with Crippen molar-refractivity contribution in [2.75, 3.05) is 5.73 Å². The van der Waals surface area contributed by atoms with Gasteiger partial charge in [-0.2, -0.15) is 0 Å². The summed E-state index contributed by atoms with van der Waals surface area (Å²) in [6, 6.07) is 0. The second-order valence-corrected chi connectivity index (χ2v) is 3.21. The maximum atomic E-state index is 10.9. The summed E-state index contributed by atoms with van der Waals surface area (Å²) in [6.45, 7) is 2.54. The molecule has 0 radical (unpaired) electrons. The quantitative estimate of drug-likeness (QED) is 0.687. The van der Waals surface area contributed by atoms with Gasteiger partial charge in [-0.15, -0.1) is 0 Å². The molecule has 0 amide bonds. The number of rotatable bonds is 1. The van der Waals surface area contributed by atoms with Crippen molar-refractivity contribution >= 4 is 11.8 Å². The predicted octanol–water partition coefficient (Wildman–Crippen LogP) is 0.701. The van der Waals surface area contributed by atoms with Gasteiger partial charge in [-0.25, -0.2) is 9.78 Å². The van der Waals surface area contributed by atoms with Crippen molar-refractivity contribution in [1.82, 2.24) is 4.98 Å². The minimum Gasteiger partial charge on any atom is -0.478 e. The molecule has 0 spiro atoms. The molecule has 14 heavy (non-hydrogen) atoms. The first-order valence-corrected chi connectivity index (χ1v) is 4.20. The molecule has 1 aliphatic heterocycles. The molecule has 2 heterocycles. The maximum absolute atomic E-state index is 10.9. The third-order valence-corrected chi connectivity index (χ3v) is 2.35. The highest BCUT2D eigenvalue weighted by Crippen LogP contribution is 2.28. The number of aromatic nitrogens is 1. The van der Waals surface area contributed by atoms with Gasteiger partial charge < -0.3 is 15.6 Å². The van der Waals surface area contributed by atoms with Gasteiger partial charge >= 0.3 is 5.97 Å². The minimum absolute atomic E-state index is 0.0688. The van der Waals surface area contributed by atoms with E-state index >= 15 is 0 Å². The van der Waals surface area contributed by atoms with Crippen LogP contribution in [-0.2, 0) is 18.0 Å². The Morgan fingerprint density at radius 2 is 2.14 bits per heavy atom. The van der Waals surface area contributed by atoms with Crippen LogP contribution in [0.25, 0.3) is 0 Å². The molecule has 0 atom stereocenters. The van der Waals surface area contributed by atoms with Crippen LogP contribution in [0.5, 0.6) is 0 Å². The van der Waals surface area contributed by atoms with Gasteiger partial charge in [0.15, 0.2) is 0 Å². The van der Waals surface area contributed by atoms with Crippen molar-refractivity contribution in [3.05, 3.63) is 22.4 Å². The number of aromatic carboxylic acids is 1. The Kier molecular flexibility index (Phi) is 1.89. The van der Waals surface area contributed by atoms with E-state index in [9.17, 15) is 4.79 Å². The smallest absolute Gasteiger partial charge is 0.339 e. The third-order valence-electron chi connectivity index (χ3n) is 2.35. The lowest BCUT2D eigenvalue weighted by Crippen LogP contribution is -2.10. The fraction of sp³-hybridized carbons (Fsp3) is 0.333. The molecular weight excluding hydrogens is 184 g/mol. The second kappa shape index (κ2) is 2.95. The molecule has 1 aromatic heterocycles. The summed E-state index contributed by atoms with van der Waals surface area (Å²) in [5.41, 5.74) is 7.91. The van der Waals surface area contributed by atoms with E-state index < -0.39 is 5.97 Å². The molecular formula is C9H10N2O3. The van der Waals surface area contributed by atoms with Crippen molar-refractivity contribution in [1.29, 1.82) is 0 Å². The van der Waals surface area contributed by atoms with Gasteiger partial charge in [-0.05, 0) is 6.92 Å². The molecule has 5 nitrogen and oxygen atoms in total. The lowest BCUT2D eigenvalue weighted by molar-refractivity contribution is 0.0693. The molecule has 2 rings (SSSR count). The number of carbonyl (C=O) groups is 1. The molecule has 1 aliphatic rings. The Bertz CT molecular complexity index is 415. The largest absolute Gasteiger partial charge is 0.478 e. The molecule has 5 heteroatoms.